The van der Waals surface area contributed by atoms with Gasteiger partial charge in [-0.25, -0.2) is 13.8 Å². The highest BCUT2D eigenvalue weighted by atomic mass is 32.1. The van der Waals surface area contributed by atoms with E-state index in [1.54, 1.807) is 6.07 Å². The summed E-state index contributed by atoms with van der Waals surface area (Å²) >= 11 is 0.961. The Morgan fingerprint density at radius 2 is 2.10 bits per heavy atom. The van der Waals surface area contributed by atoms with Gasteiger partial charge in [0.25, 0.3) is 5.91 Å². The molecule has 2 N–H and O–H groups in total. The van der Waals surface area contributed by atoms with Crippen LogP contribution >= 0.6 is 11.3 Å². The molecule has 0 bridgehead atoms. The molecule has 4 rings (SSSR count). The predicted octanol–water partition coefficient (Wildman–Crippen LogP) is 3.53. The molecule has 1 fully saturated rings. The van der Waals surface area contributed by atoms with Crippen molar-refractivity contribution in [1.29, 1.82) is 0 Å². The van der Waals surface area contributed by atoms with Crippen LogP contribution in [0.5, 0.6) is 0 Å². The Labute approximate surface area is 174 Å². The molecule has 7 nitrogen and oxygen atoms in total. The van der Waals surface area contributed by atoms with Crippen LogP contribution in [0.1, 0.15) is 28.8 Å². The monoisotopic (exact) mass is 433 g/mol. The number of anilines is 1. The van der Waals surface area contributed by atoms with E-state index in [0.717, 1.165) is 23.5 Å². The maximum atomic E-state index is 14.0. The lowest BCUT2D eigenvalue weighted by Gasteiger charge is -2.30. The van der Waals surface area contributed by atoms with E-state index in [-0.39, 0.29) is 29.0 Å². The van der Waals surface area contributed by atoms with Crippen LogP contribution in [0, 0.1) is 11.6 Å². The van der Waals surface area contributed by atoms with E-state index < -0.39 is 23.8 Å². The summed E-state index contributed by atoms with van der Waals surface area (Å²) < 4.78 is 39.3. The number of pyridine rings is 1. The molecule has 1 aliphatic rings. The first-order chi connectivity index (χ1) is 14.6. The highest BCUT2D eigenvalue weighted by molar-refractivity contribution is 7.13. The first kappa shape index (κ1) is 20.5. The lowest BCUT2D eigenvalue weighted by atomic mass is 10.1. The smallest absolute Gasteiger partial charge is 0.275 e. The van der Waals surface area contributed by atoms with Crippen molar-refractivity contribution in [2.45, 2.75) is 18.8 Å². The number of rotatable bonds is 5. The number of aliphatic hydroxyl groups excluding tert-OH is 1. The SMILES string of the molecule is O=C(Nc1cnccc1[C@@H]1OCC[C@H](CO)O1)c1csc(-c2c(F)cccc2F)n1. The van der Waals surface area contributed by atoms with Crippen molar-refractivity contribution in [3.05, 3.63) is 64.9 Å². The maximum Gasteiger partial charge on any atom is 0.275 e. The van der Waals surface area contributed by atoms with Gasteiger partial charge in [-0.2, -0.15) is 0 Å². The molecule has 10 heteroatoms. The molecule has 0 saturated carbocycles. The summed E-state index contributed by atoms with van der Waals surface area (Å²) in [4.78, 5) is 20.8. The quantitative estimate of drug-likeness (QED) is 0.640. The number of aliphatic hydroxyl groups is 1. The largest absolute Gasteiger partial charge is 0.394 e. The molecule has 1 aromatic carbocycles. The van der Waals surface area contributed by atoms with Crippen LogP contribution in [0.4, 0.5) is 14.5 Å². The van der Waals surface area contributed by atoms with Gasteiger partial charge < -0.3 is 19.9 Å². The van der Waals surface area contributed by atoms with E-state index in [9.17, 15) is 18.7 Å². The molecule has 0 aliphatic carbocycles. The van der Waals surface area contributed by atoms with Gasteiger partial charge >= 0.3 is 0 Å². The molecular weight excluding hydrogens is 416 g/mol. The molecule has 3 aromatic rings. The molecule has 30 heavy (non-hydrogen) atoms. The van der Waals surface area contributed by atoms with Crippen molar-refractivity contribution in [1.82, 2.24) is 9.97 Å². The molecule has 156 valence electrons. The fraction of sp³-hybridized carbons (Fsp3) is 0.250. The molecular formula is C20H17F2N3O4S. The Bertz CT molecular complexity index is 1040. The number of hydrogen-bond acceptors (Lipinski definition) is 7. The van der Waals surface area contributed by atoms with E-state index in [0.29, 0.717) is 24.3 Å². The van der Waals surface area contributed by atoms with E-state index in [1.807, 2.05) is 0 Å². The number of thiazole rings is 1. The fourth-order valence-corrected chi connectivity index (χ4v) is 3.83. The van der Waals surface area contributed by atoms with Gasteiger partial charge in [0.1, 0.15) is 22.3 Å². The summed E-state index contributed by atoms with van der Waals surface area (Å²) in [6.07, 6.45) is 2.40. The minimum atomic E-state index is -0.771. The van der Waals surface area contributed by atoms with Gasteiger partial charge in [0.2, 0.25) is 0 Å². The molecule has 1 saturated heterocycles. The normalized spacial score (nSPS) is 18.9. The molecule has 0 radical (unpaired) electrons. The van der Waals surface area contributed by atoms with Gasteiger partial charge in [-0.15, -0.1) is 11.3 Å². The third-order valence-electron chi connectivity index (χ3n) is 4.50. The van der Waals surface area contributed by atoms with Crippen LogP contribution in [0.2, 0.25) is 0 Å². The third kappa shape index (κ3) is 4.21. The van der Waals surface area contributed by atoms with Crippen LogP contribution in [0.15, 0.2) is 42.0 Å². The average molecular weight is 433 g/mol. The number of nitrogens with one attached hydrogen (secondary N) is 1. The zero-order valence-corrected chi connectivity index (χ0v) is 16.4. The van der Waals surface area contributed by atoms with Crippen molar-refractivity contribution < 1.29 is 28.2 Å². The van der Waals surface area contributed by atoms with Crippen LogP contribution in [-0.4, -0.2) is 40.3 Å². The van der Waals surface area contributed by atoms with Crippen molar-refractivity contribution in [2.75, 3.05) is 18.5 Å². The van der Waals surface area contributed by atoms with Crippen LogP contribution < -0.4 is 5.32 Å². The van der Waals surface area contributed by atoms with Gasteiger partial charge in [-0.3, -0.25) is 9.78 Å². The predicted molar refractivity (Wildman–Crippen MR) is 105 cm³/mol. The number of halogens is 2. The van der Waals surface area contributed by atoms with E-state index in [4.69, 9.17) is 9.47 Å². The maximum absolute atomic E-state index is 14.0. The number of aromatic nitrogens is 2. The number of carbonyl (C=O) groups excluding carboxylic acids is 1. The summed E-state index contributed by atoms with van der Waals surface area (Å²) in [7, 11) is 0. The minimum absolute atomic E-state index is 0.00571. The lowest BCUT2D eigenvalue weighted by Crippen LogP contribution is -2.30. The minimum Gasteiger partial charge on any atom is -0.394 e. The number of benzene rings is 1. The Kier molecular flexibility index (Phi) is 6.09. The lowest BCUT2D eigenvalue weighted by molar-refractivity contribution is -0.223. The van der Waals surface area contributed by atoms with Crippen molar-refractivity contribution in [3.63, 3.8) is 0 Å². The Balaban J connectivity index is 1.55. The average Bonchev–Trinajstić information content (AvgIpc) is 3.24. The van der Waals surface area contributed by atoms with Gasteiger partial charge in [-0.05, 0) is 24.6 Å². The van der Waals surface area contributed by atoms with Crippen molar-refractivity contribution in [2.24, 2.45) is 0 Å². The summed E-state index contributed by atoms with van der Waals surface area (Å²) in [6, 6.07) is 5.16. The number of carbonyl (C=O) groups is 1. The molecule has 1 amide bonds. The molecule has 0 spiro atoms. The summed E-state index contributed by atoms with van der Waals surface area (Å²) in [5, 5.41) is 13.5. The topological polar surface area (TPSA) is 93.6 Å². The highest BCUT2D eigenvalue weighted by Gasteiger charge is 2.27. The second-order valence-electron chi connectivity index (χ2n) is 6.48. The number of amides is 1. The Hall–Kier alpha value is -2.79. The second kappa shape index (κ2) is 8.92. The first-order valence-electron chi connectivity index (χ1n) is 9.10. The Morgan fingerprint density at radius 3 is 2.87 bits per heavy atom. The number of ether oxygens (including phenoxy) is 2. The second-order valence-corrected chi connectivity index (χ2v) is 7.34. The van der Waals surface area contributed by atoms with Gasteiger partial charge in [-0.1, -0.05) is 6.07 Å². The molecule has 2 aromatic heterocycles. The zero-order chi connectivity index (χ0) is 21.1. The molecule has 0 unspecified atom stereocenters. The summed E-state index contributed by atoms with van der Waals surface area (Å²) in [5.41, 5.74) is 0.610. The van der Waals surface area contributed by atoms with Gasteiger partial charge in [0.05, 0.1) is 36.8 Å². The van der Waals surface area contributed by atoms with E-state index in [2.05, 4.69) is 15.3 Å². The van der Waals surface area contributed by atoms with E-state index in [1.165, 1.54) is 23.8 Å². The molecule has 3 heterocycles. The number of hydrogen-bond donors (Lipinski definition) is 2. The molecule has 1 aliphatic heterocycles. The fourth-order valence-electron chi connectivity index (χ4n) is 2.98. The molecule has 2 atom stereocenters. The van der Waals surface area contributed by atoms with E-state index >= 15 is 0 Å². The van der Waals surface area contributed by atoms with Crippen LogP contribution in [0.25, 0.3) is 10.6 Å². The van der Waals surface area contributed by atoms with Crippen LogP contribution in [-0.2, 0) is 9.47 Å². The summed E-state index contributed by atoms with van der Waals surface area (Å²) in [6.45, 7) is 0.260. The zero-order valence-electron chi connectivity index (χ0n) is 15.5. The first-order valence-corrected chi connectivity index (χ1v) is 9.98. The Morgan fingerprint density at radius 1 is 1.30 bits per heavy atom. The van der Waals surface area contributed by atoms with Crippen LogP contribution in [0.3, 0.4) is 0 Å². The van der Waals surface area contributed by atoms with Crippen molar-refractivity contribution >= 4 is 22.9 Å². The highest BCUT2D eigenvalue weighted by Crippen LogP contribution is 2.32. The van der Waals surface area contributed by atoms with Gasteiger partial charge in [0.15, 0.2) is 6.29 Å². The standard InChI is InChI=1S/C20H17F2N3O4S/c21-13-2-1-3-14(22)17(13)19-25-16(10-30-19)18(27)24-15-8-23-6-4-12(15)20-28-7-5-11(9-26)29-20/h1-4,6,8,10-11,20,26H,5,7,9H2,(H,24,27)/t11-,20-/m1/s1. The van der Waals surface area contributed by atoms with Gasteiger partial charge in [0, 0.05) is 17.1 Å². The number of nitrogens with zero attached hydrogens (tertiary/aromatic N) is 2. The van der Waals surface area contributed by atoms with Crippen molar-refractivity contribution in [3.8, 4) is 10.6 Å². The summed E-state index contributed by atoms with van der Waals surface area (Å²) in [5.74, 6) is -2.08. The third-order valence-corrected chi connectivity index (χ3v) is 5.36.